The van der Waals surface area contributed by atoms with Crippen LogP contribution < -0.4 is 0 Å². The van der Waals surface area contributed by atoms with E-state index >= 15 is 0 Å². The first-order valence-electron chi connectivity index (χ1n) is 8.39. The fraction of sp³-hybridized carbons (Fsp3) is 1.00. The molecule has 1 atom stereocenters. The van der Waals surface area contributed by atoms with E-state index in [0.717, 1.165) is 44.5 Å². The van der Waals surface area contributed by atoms with Crippen LogP contribution in [0.4, 0.5) is 0 Å². The van der Waals surface area contributed by atoms with Crippen LogP contribution in [0, 0.1) is 0 Å². The minimum absolute atomic E-state index is 0.432. The Morgan fingerprint density at radius 3 is 1.95 bits per heavy atom. The Morgan fingerprint density at radius 1 is 1.05 bits per heavy atom. The lowest BCUT2D eigenvalue weighted by Crippen LogP contribution is -2.46. The second kappa shape index (κ2) is 14.9. The lowest BCUT2D eigenvalue weighted by molar-refractivity contribution is 0.0712. The van der Waals surface area contributed by atoms with Crippen LogP contribution in [0.25, 0.3) is 0 Å². The van der Waals surface area contributed by atoms with Crippen molar-refractivity contribution in [3.63, 3.8) is 0 Å². The number of hydrogen-bond acceptors (Lipinski definition) is 6. The Bertz CT molecular complexity index is 225. The van der Waals surface area contributed by atoms with Crippen molar-refractivity contribution >= 4 is 21.4 Å². The van der Waals surface area contributed by atoms with Crippen LogP contribution in [0.3, 0.4) is 0 Å². The van der Waals surface area contributed by atoms with Crippen LogP contribution in [0.2, 0.25) is 6.04 Å². The molecule has 1 aliphatic heterocycles. The molecule has 0 aromatic heterocycles. The molecule has 0 aromatic rings. The lowest BCUT2D eigenvalue weighted by Gasteiger charge is -2.28. The van der Waals surface area contributed by atoms with Gasteiger partial charge in [0.25, 0.3) is 0 Å². The minimum atomic E-state index is -2.37. The maximum atomic E-state index is 5.67. The topological polar surface area (TPSA) is 49.5 Å². The van der Waals surface area contributed by atoms with E-state index < -0.39 is 8.80 Å². The second-order valence-electron chi connectivity index (χ2n) is 4.84. The van der Waals surface area contributed by atoms with Crippen molar-refractivity contribution in [3.05, 3.63) is 0 Å². The van der Waals surface area contributed by atoms with Gasteiger partial charge in [-0.1, -0.05) is 6.92 Å². The van der Waals surface area contributed by atoms with Crippen molar-refractivity contribution in [2.45, 2.75) is 52.7 Å². The molecule has 1 rings (SSSR count). The van der Waals surface area contributed by atoms with Crippen molar-refractivity contribution in [1.82, 2.24) is 0 Å². The van der Waals surface area contributed by atoms with Gasteiger partial charge < -0.3 is 22.8 Å². The summed E-state index contributed by atoms with van der Waals surface area (Å²) < 4.78 is 27.1. The van der Waals surface area contributed by atoms with Crippen LogP contribution in [0.15, 0.2) is 0 Å². The molecule has 0 amide bonds. The zero-order valence-corrected chi connectivity index (χ0v) is 16.5. The maximum absolute atomic E-state index is 5.67. The molecule has 1 fully saturated rings. The fourth-order valence-corrected chi connectivity index (χ4v) is 4.89. The summed E-state index contributed by atoms with van der Waals surface area (Å²) in [6.45, 7) is 12.6. The lowest BCUT2D eigenvalue weighted by atomic mass is 10.5. The van der Waals surface area contributed by atoms with E-state index in [4.69, 9.17) is 22.8 Å². The van der Waals surface area contributed by atoms with Gasteiger partial charge in [0.05, 0.1) is 13.2 Å². The maximum Gasteiger partial charge on any atom is 0.500 e. The Balaban J connectivity index is 0.000000461. The molecule has 0 spiro atoms. The summed E-state index contributed by atoms with van der Waals surface area (Å²) in [7, 11) is -2.37. The first-order valence-corrected chi connectivity index (χ1v) is 11.0. The second-order valence-corrected chi connectivity index (χ2v) is 8.02. The summed E-state index contributed by atoms with van der Waals surface area (Å²) in [5.74, 6) is 0.849. The average Bonchev–Trinajstić information content (AvgIpc) is 3.31. The highest BCUT2D eigenvalue weighted by Crippen LogP contribution is 2.18. The summed E-state index contributed by atoms with van der Waals surface area (Å²) >= 11 is 4.19. The molecule has 0 aliphatic carbocycles. The summed E-state index contributed by atoms with van der Waals surface area (Å²) in [5.41, 5.74) is 0. The van der Waals surface area contributed by atoms with E-state index in [2.05, 4.69) is 19.6 Å². The zero-order valence-electron chi connectivity index (χ0n) is 14.6. The van der Waals surface area contributed by atoms with Gasteiger partial charge >= 0.3 is 8.80 Å². The summed E-state index contributed by atoms with van der Waals surface area (Å²) in [6, 6.07) is 0.867. The molecular weight excluding hydrogens is 320 g/mol. The highest BCUT2D eigenvalue weighted by Gasteiger charge is 2.39. The molecule has 0 bridgehead atoms. The van der Waals surface area contributed by atoms with Gasteiger partial charge in [-0.3, -0.25) is 0 Å². The molecule has 134 valence electrons. The van der Waals surface area contributed by atoms with Crippen LogP contribution >= 0.6 is 12.6 Å². The largest absolute Gasteiger partial charge is 0.500 e. The van der Waals surface area contributed by atoms with E-state index in [9.17, 15) is 0 Å². The molecule has 1 saturated heterocycles. The van der Waals surface area contributed by atoms with Crippen LogP contribution in [-0.2, 0) is 22.8 Å². The van der Waals surface area contributed by atoms with Crippen molar-refractivity contribution in [2.75, 3.05) is 45.4 Å². The van der Waals surface area contributed by atoms with Gasteiger partial charge in [0.1, 0.15) is 6.10 Å². The van der Waals surface area contributed by atoms with Crippen LogP contribution in [-0.4, -0.2) is 60.3 Å². The normalized spacial score (nSPS) is 17.0. The number of thiol groups is 1. The third kappa shape index (κ3) is 11.9. The highest BCUT2D eigenvalue weighted by atomic mass is 32.1. The third-order valence-corrected chi connectivity index (χ3v) is 6.26. The zero-order chi connectivity index (χ0) is 16.7. The van der Waals surface area contributed by atoms with Crippen LogP contribution in [0.5, 0.6) is 0 Å². The standard InChI is InChI=1S/C9H22O3SSi.C6H12O2/c1-4-10-14(11-5-2,12-6-3)9-7-8-13;1-2-3-7-4-6-5-8-6/h13H,4-9H2,1-3H3;6H,2-5H2,1H3. The van der Waals surface area contributed by atoms with E-state index in [1.807, 2.05) is 20.8 Å². The quantitative estimate of drug-likeness (QED) is 0.238. The van der Waals surface area contributed by atoms with E-state index in [0.29, 0.717) is 25.9 Å². The Kier molecular flexibility index (Phi) is 15.2. The molecule has 1 aliphatic rings. The highest BCUT2D eigenvalue weighted by molar-refractivity contribution is 7.80. The van der Waals surface area contributed by atoms with Gasteiger partial charge in [0.15, 0.2) is 0 Å². The first kappa shape index (κ1) is 22.4. The number of epoxide rings is 1. The predicted molar refractivity (Wildman–Crippen MR) is 94.8 cm³/mol. The molecule has 22 heavy (non-hydrogen) atoms. The predicted octanol–water partition coefficient (Wildman–Crippen LogP) is 3.17. The van der Waals surface area contributed by atoms with Gasteiger partial charge in [0, 0.05) is 32.5 Å². The Morgan fingerprint density at radius 2 is 1.59 bits per heavy atom. The molecule has 0 radical (unpaired) electrons. The molecule has 0 N–H and O–H groups in total. The first-order chi connectivity index (χ1) is 10.7. The van der Waals surface area contributed by atoms with Crippen molar-refractivity contribution in [3.8, 4) is 0 Å². The molecule has 5 nitrogen and oxygen atoms in total. The average molecular weight is 355 g/mol. The van der Waals surface area contributed by atoms with Crippen LogP contribution in [0.1, 0.15) is 40.5 Å². The van der Waals surface area contributed by atoms with E-state index in [1.165, 1.54) is 0 Å². The molecule has 1 unspecified atom stereocenters. The summed E-state index contributed by atoms with van der Waals surface area (Å²) in [4.78, 5) is 0. The Hall–Kier alpha value is 0.367. The van der Waals surface area contributed by atoms with Crippen molar-refractivity contribution < 1.29 is 22.8 Å². The van der Waals surface area contributed by atoms with E-state index in [-0.39, 0.29) is 0 Å². The minimum Gasteiger partial charge on any atom is -0.379 e. The van der Waals surface area contributed by atoms with Gasteiger partial charge in [-0.25, -0.2) is 0 Å². The number of rotatable bonds is 13. The molecule has 0 aromatic carbocycles. The molecular formula is C15H34O5SSi. The third-order valence-electron chi connectivity index (χ3n) is 2.79. The molecule has 1 heterocycles. The molecule has 7 heteroatoms. The molecule has 0 saturated carbocycles. The van der Waals surface area contributed by atoms with Gasteiger partial charge in [0.2, 0.25) is 0 Å². The Labute approximate surface area is 142 Å². The summed E-state index contributed by atoms with van der Waals surface area (Å²) in [6.07, 6.45) is 2.52. The van der Waals surface area contributed by atoms with Gasteiger partial charge in [-0.15, -0.1) is 0 Å². The van der Waals surface area contributed by atoms with E-state index in [1.54, 1.807) is 0 Å². The smallest absolute Gasteiger partial charge is 0.379 e. The fourth-order valence-electron chi connectivity index (χ4n) is 1.82. The monoisotopic (exact) mass is 354 g/mol. The van der Waals surface area contributed by atoms with Crippen molar-refractivity contribution in [1.29, 1.82) is 0 Å². The van der Waals surface area contributed by atoms with Gasteiger partial charge in [-0.05, 0) is 39.4 Å². The number of ether oxygens (including phenoxy) is 2. The van der Waals surface area contributed by atoms with Gasteiger partial charge in [-0.2, -0.15) is 12.6 Å². The number of hydrogen-bond donors (Lipinski definition) is 1. The summed E-state index contributed by atoms with van der Waals surface area (Å²) in [5, 5.41) is 0. The SMILES string of the molecule is CCCOCC1CO1.CCO[Si](CCCS)(OCC)OCC. The van der Waals surface area contributed by atoms with Crippen molar-refractivity contribution in [2.24, 2.45) is 0 Å².